The highest BCUT2D eigenvalue weighted by atomic mass is 16.2. The molecule has 0 saturated carbocycles. The van der Waals surface area contributed by atoms with Crippen molar-refractivity contribution < 1.29 is 4.79 Å². The van der Waals surface area contributed by atoms with Gasteiger partial charge >= 0.3 is 0 Å². The van der Waals surface area contributed by atoms with E-state index in [1.807, 2.05) is 24.1 Å². The molecule has 1 amide bonds. The molecular weight excluding hydrogens is 326 g/mol. The Kier molecular flexibility index (Phi) is 6.52. The molecular formula is C20H27N5O. The van der Waals surface area contributed by atoms with Gasteiger partial charge in [-0.1, -0.05) is 0 Å². The number of carbonyl (C=O) groups excluding carboxylic acids is 1. The van der Waals surface area contributed by atoms with Crippen LogP contribution in [0.4, 0.5) is 5.82 Å². The van der Waals surface area contributed by atoms with Crippen molar-refractivity contribution in [1.29, 1.82) is 0 Å². The lowest BCUT2D eigenvalue weighted by molar-refractivity contribution is -0.133. The van der Waals surface area contributed by atoms with Gasteiger partial charge in [0.2, 0.25) is 5.91 Å². The van der Waals surface area contributed by atoms with Gasteiger partial charge in [-0.3, -0.25) is 14.8 Å². The first-order chi connectivity index (χ1) is 12.8. The van der Waals surface area contributed by atoms with E-state index in [0.717, 1.165) is 56.7 Å². The summed E-state index contributed by atoms with van der Waals surface area (Å²) in [4.78, 5) is 27.4. The number of rotatable bonds is 7. The second kappa shape index (κ2) is 9.27. The number of hydrogen-bond acceptors (Lipinski definition) is 5. The molecule has 1 aliphatic rings. The number of nitrogens with zero attached hydrogens (tertiary/aromatic N) is 4. The molecule has 26 heavy (non-hydrogen) atoms. The van der Waals surface area contributed by atoms with Crippen LogP contribution < -0.4 is 5.32 Å². The van der Waals surface area contributed by atoms with Gasteiger partial charge < -0.3 is 10.2 Å². The zero-order valence-corrected chi connectivity index (χ0v) is 15.4. The van der Waals surface area contributed by atoms with E-state index < -0.39 is 0 Å². The lowest BCUT2D eigenvalue weighted by Crippen LogP contribution is -2.40. The maximum atomic E-state index is 12.6. The number of piperidine rings is 1. The van der Waals surface area contributed by atoms with Crippen molar-refractivity contribution >= 4 is 11.7 Å². The fraction of sp³-hybridized carbons (Fsp3) is 0.500. The van der Waals surface area contributed by atoms with Crippen molar-refractivity contribution in [2.45, 2.75) is 38.5 Å². The van der Waals surface area contributed by atoms with Crippen molar-refractivity contribution in [2.24, 2.45) is 5.92 Å². The van der Waals surface area contributed by atoms with Gasteiger partial charge in [-0.25, -0.2) is 4.98 Å². The number of likely N-dealkylation sites (tertiary alicyclic amines) is 1. The Hall–Kier alpha value is -2.50. The third-order valence-corrected chi connectivity index (χ3v) is 4.97. The van der Waals surface area contributed by atoms with Gasteiger partial charge in [-0.05, 0) is 55.7 Å². The molecule has 6 heteroatoms. The highest BCUT2D eigenvalue weighted by Gasteiger charge is 2.24. The van der Waals surface area contributed by atoms with Crippen molar-refractivity contribution in [3.8, 4) is 0 Å². The number of aryl methyl sites for hydroxylation is 1. The standard InChI is InChI=1S/C20H27N5O/c1-21-20-18(23-11-12-24-20)14-17-5-3-13-25(15-17)19(26)6-2-4-16-7-9-22-10-8-16/h7-12,17H,2-6,13-15H2,1H3,(H,21,24)/t17-/m0/s1. The normalized spacial score (nSPS) is 17.1. The number of hydrogen-bond donors (Lipinski definition) is 1. The Morgan fingerprint density at radius 3 is 2.85 bits per heavy atom. The zero-order valence-electron chi connectivity index (χ0n) is 15.4. The smallest absolute Gasteiger partial charge is 0.222 e. The van der Waals surface area contributed by atoms with E-state index >= 15 is 0 Å². The number of aromatic nitrogens is 3. The van der Waals surface area contributed by atoms with E-state index in [1.165, 1.54) is 5.56 Å². The van der Waals surface area contributed by atoms with E-state index in [-0.39, 0.29) is 5.91 Å². The summed E-state index contributed by atoms with van der Waals surface area (Å²) in [6, 6.07) is 4.03. The first-order valence-electron chi connectivity index (χ1n) is 9.40. The van der Waals surface area contributed by atoms with E-state index in [1.54, 1.807) is 24.8 Å². The minimum atomic E-state index is 0.275. The van der Waals surface area contributed by atoms with E-state index in [9.17, 15) is 4.79 Å². The molecule has 1 atom stereocenters. The zero-order chi connectivity index (χ0) is 18.2. The predicted octanol–water partition coefficient (Wildman–Crippen LogP) is 2.72. The van der Waals surface area contributed by atoms with Gasteiger partial charge in [0.05, 0.1) is 5.69 Å². The fourth-order valence-electron chi connectivity index (χ4n) is 3.61. The van der Waals surface area contributed by atoms with E-state index in [2.05, 4.69) is 20.3 Å². The van der Waals surface area contributed by atoms with Crippen LogP contribution in [0.1, 0.15) is 36.9 Å². The highest BCUT2D eigenvalue weighted by molar-refractivity contribution is 5.76. The van der Waals surface area contributed by atoms with Crippen LogP contribution in [-0.4, -0.2) is 45.9 Å². The maximum Gasteiger partial charge on any atom is 0.222 e. The summed E-state index contributed by atoms with van der Waals surface area (Å²) in [5, 5.41) is 3.10. The Bertz CT molecular complexity index is 706. The number of amides is 1. The van der Waals surface area contributed by atoms with Gasteiger partial charge in [0.25, 0.3) is 0 Å². The summed E-state index contributed by atoms with van der Waals surface area (Å²) in [6.45, 7) is 1.71. The summed E-state index contributed by atoms with van der Waals surface area (Å²) in [6.07, 6.45) is 12.5. The molecule has 1 N–H and O–H groups in total. The second-order valence-electron chi connectivity index (χ2n) is 6.86. The average Bonchev–Trinajstić information content (AvgIpc) is 2.69. The van der Waals surface area contributed by atoms with Gasteiger partial charge in [-0.2, -0.15) is 0 Å². The topological polar surface area (TPSA) is 71.0 Å². The second-order valence-corrected chi connectivity index (χ2v) is 6.86. The third-order valence-electron chi connectivity index (χ3n) is 4.97. The molecule has 1 fully saturated rings. The first kappa shape index (κ1) is 18.3. The highest BCUT2D eigenvalue weighted by Crippen LogP contribution is 2.23. The average molecular weight is 353 g/mol. The van der Waals surface area contributed by atoms with Gasteiger partial charge in [0.1, 0.15) is 5.82 Å². The summed E-state index contributed by atoms with van der Waals surface area (Å²) in [7, 11) is 1.87. The molecule has 1 saturated heterocycles. The van der Waals surface area contributed by atoms with Crippen LogP contribution in [0.5, 0.6) is 0 Å². The van der Waals surface area contributed by atoms with Gasteiger partial charge in [-0.15, -0.1) is 0 Å². The van der Waals surface area contributed by atoms with Crippen molar-refractivity contribution in [3.63, 3.8) is 0 Å². The minimum absolute atomic E-state index is 0.275. The molecule has 3 rings (SSSR count). The third kappa shape index (κ3) is 5.00. The fourth-order valence-corrected chi connectivity index (χ4v) is 3.61. The Labute approximate surface area is 155 Å². The Balaban J connectivity index is 1.49. The monoisotopic (exact) mass is 353 g/mol. The van der Waals surface area contributed by atoms with Crippen LogP contribution >= 0.6 is 0 Å². The molecule has 2 aromatic heterocycles. The summed E-state index contributed by atoms with van der Waals surface area (Å²) in [5.74, 6) is 1.57. The molecule has 2 aromatic rings. The summed E-state index contributed by atoms with van der Waals surface area (Å²) >= 11 is 0. The predicted molar refractivity (Wildman–Crippen MR) is 102 cm³/mol. The summed E-state index contributed by atoms with van der Waals surface area (Å²) in [5.41, 5.74) is 2.23. The molecule has 1 aliphatic heterocycles. The molecule has 0 spiro atoms. The SMILES string of the molecule is CNc1nccnc1C[C@@H]1CCCN(C(=O)CCCc2ccncc2)C1. The molecule has 0 radical (unpaired) electrons. The van der Waals surface area contributed by atoms with Crippen LogP contribution in [0.2, 0.25) is 0 Å². The molecule has 0 bridgehead atoms. The summed E-state index contributed by atoms with van der Waals surface area (Å²) < 4.78 is 0. The lowest BCUT2D eigenvalue weighted by atomic mass is 9.93. The van der Waals surface area contributed by atoms with Crippen LogP contribution in [-0.2, 0) is 17.6 Å². The minimum Gasteiger partial charge on any atom is -0.372 e. The lowest BCUT2D eigenvalue weighted by Gasteiger charge is -2.33. The van der Waals surface area contributed by atoms with Crippen LogP contribution in [0.15, 0.2) is 36.9 Å². The molecule has 6 nitrogen and oxygen atoms in total. The maximum absolute atomic E-state index is 12.6. The largest absolute Gasteiger partial charge is 0.372 e. The van der Waals surface area contributed by atoms with Crippen LogP contribution in [0, 0.1) is 5.92 Å². The number of nitrogens with one attached hydrogen (secondary N) is 1. The molecule has 0 aromatic carbocycles. The molecule has 0 aliphatic carbocycles. The van der Waals surface area contributed by atoms with Crippen molar-refractivity contribution in [3.05, 3.63) is 48.2 Å². The Morgan fingerprint density at radius 2 is 2.04 bits per heavy atom. The van der Waals surface area contributed by atoms with E-state index in [0.29, 0.717) is 12.3 Å². The van der Waals surface area contributed by atoms with Gasteiger partial charge in [0, 0.05) is 51.3 Å². The number of pyridine rings is 1. The quantitative estimate of drug-likeness (QED) is 0.829. The molecule has 0 unspecified atom stereocenters. The first-order valence-corrected chi connectivity index (χ1v) is 9.40. The van der Waals surface area contributed by atoms with Crippen molar-refractivity contribution in [2.75, 3.05) is 25.5 Å². The van der Waals surface area contributed by atoms with Crippen LogP contribution in [0.25, 0.3) is 0 Å². The van der Waals surface area contributed by atoms with Crippen LogP contribution in [0.3, 0.4) is 0 Å². The molecule has 138 valence electrons. The molecule has 3 heterocycles. The van der Waals surface area contributed by atoms with E-state index in [4.69, 9.17) is 0 Å². The number of anilines is 1. The number of carbonyl (C=O) groups is 1. The Morgan fingerprint density at radius 1 is 1.23 bits per heavy atom. The van der Waals surface area contributed by atoms with Gasteiger partial charge in [0.15, 0.2) is 0 Å². The van der Waals surface area contributed by atoms with Crippen molar-refractivity contribution in [1.82, 2.24) is 19.9 Å².